The van der Waals surface area contributed by atoms with Gasteiger partial charge in [-0.1, -0.05) is 0 Å². The van der Waals surface area contributed by atoms with Gasteiger partial charge < -0.3 is 24.8 Å². The first-order valence-corrected chi connectivity index (χ1v) is 11.5. The maximum absolute atomic E-state index is 15.6. The van der Waals surface area contributed by atoms with Gasteiger partial charge in [0.25, 0.3) is 0 Å². The number of pyridine rings is 1. The van der Waals surface area contributed by atoms with Crippen LogP contribution >= 0.6 is 0 Å². The Hall–Kier alpha value is -3.15. The molecule has 2 atom stereocenters. The standard InChI is InChI=1S/C23H24F4N4O4/c1-2-35-21(33)16-10-31(12-3-4-12)18-14(20(16)32)6-17(24)19-15(18)8-28-7-13-5-11(9-30(13)19)29-22(34)23(25,26)27/h6,10-13,28H,2-5,7-9H2,1H3,(H,29,34)/t11-,13-/m0/s1. The van der Waals surface area contributed by atoms with Gasteiger partial charge in [-0.25, -0.2) is 9.18 Å². The molecule has 0 bridgehead atoms. The molecule has 2 aliphatic heterocycles. The minimum absolute atomic E-state index is 0.00182. The Bertz CT molecular complexity index is 1270. The predicted octanol–water partition coefficient (Wildman–Crippen LogP) is 2.38. The second-order valence-corrected chi connectivity index (χ2v) is 9.15. The van der Waals surface area contributed by atoms with Crippen molar-refractivity contribution >= 4 is 28.5 Å². The minimum atomic E-state index is -5.01. The van der Waals surface area contributed by atoms with E-state index in [1.165, 1.54) is 6.20 Å². The van der Waals surface area contributed by atoms with Crippen molar-refractivity contribution in [3.8, 4) is 0 Å². The van der Waals surface area contributed by atoms with Crippen LogP contribution in [0.1, 0.15) is 48.1 Å². The van der Waals surface area contributed by atoms with Crippen molar-refractivity contribution in [1.82, 2.24) is 15.2 Å². The van der Waals surface area contributed by atoms with Crippen molar-refractivity contribution in [1.29, 1.82) is 0 Å². The molecule has 0 radical (unpaired) electrons. The van der Waals surface area contributed by atoms with E-state index in [2.05, 4.69) is 5.32 Å². The molecule has 0 spiro atoms. The van der Waals surface area contributed by atoms with Crippen LogP contribution < -0.4 is 21.0 Å². The molecule has 8 nitrogen and oxygen atoms in total. The monoisotopic (exact) mass is 496 g/mol. The number of hydrogen-bond acceptors (Lipinski definition) is 6. The van der Waals surface area contributed by atoms with Crippen LogP contribution in [0.5, 0.6) is 0 Å². The number of nitrogens with one attached hydrogen (secondary N) is 2. The van der Waals surface area contributed by atoms with Crippen LogP contribution in [0.2, 0.25) is 0 Å². The van der Waals surface area contributed by atoms with Gasteiger partial charge in [-0.15, -0.1) is 0 Å². The van der Waals surface area contributed by atoms with Gasteiger partial charge in [-0.3, -0.25) is 9.59 Å². The number of fused-ring (bicyclic) bond motifs is 5. The number of carbonyl (C=O) groups is 2. The number of anilines is 1. The lowest BCUT2D eigenvalue weighted by atomic mass is 10.0. The fraction of sp³-hybridized carbons (Fsp3) is 0.522. The zero-order valence-electron chi connectivity index (χ0n) is 18.9. The molecular formula is C23H24F4N4O4. The average Bonchev–Trinajstić information content (AvgIpc) is 3.58. The number of amides is 1. The molecule has 1 aromatic heterocycles. The summed E-state index contributed by atoms with van der Waals surface area (Å²) in [5, 5.41) is 5.27. The number of ether oxygens (including phenoxy) is 1. The van der Waals surface area contributed by atoms with Crippen LogP contribution in [0.15, 0.2) is 17.1 Å². The normalized spacial score (nSPS) is 21.9. The number of esters is 1. The summed E-state index contributed by atoms with van der Waals surface area (Å²) in [6, 6.07) is -0.0185. The predicted molar refractivity (Wildman–Crippen MR) is 118 cm³/mol. The molecule has 1 aliphatic carbocycles. The first-order chi connectivity index (χ1) is 16.6. The lowest BCUT2D eigenvalue weighted by Gasteiger charge is -2.27. The summed E-state index contributed by atoms with van der Waals surface area (Å²) in [6.45, 7) is 2.31. The third-order valence-corrected chi connectivity index (χ3v) is 6.75. The number of aromatic nitrogens is 1. The largest absolute Gasteiger partial charge is 0.471 e. The Kier molecular flexibility index (Phi) is 5.73. The van der Waals surface area contributed by atoms with Crippen LogP contribution in [0.4, 0.5) is 23.2 Å². The number of hydrogen-bond donors (Lipinski definition) is 2. The summed E-state index contributed by atoms with van der Waals surface area (Å²) in [5.41, 5.74) is 0.410. The van der Waals surface area contributed by atoms with Crippen LogP contribution in [-0.2, 0) is 16.1 Å². The summed E-state index contributed by atoms with van der Waals surface area (Å²) in [5.74, 6) is -3.50. The van der Waals surface area contributed by atoms with E-state index in [0.29, 0.717) is 17.6 Å². The summed E-state index contributed by atoms with van der Waals surface area (Å²) >= 11 is 0. The molecule has 2 N–H and O–H groups in total. The highest BCUT2D eigenvalue weighted by Gasteiger charge is 2.44. The van der Waals surface area contributed by atoms with E-state index in [9.17, 15) is 27.6 Å². The van der Waals surface area contributed by atoms with Crippen molar-refractivity contribution in [2.75, 3.05) is 24.6 Å². The van der Waals surface area contributed by atoms with Crippen LogP contribution in [-0.4, -0.2) is 54.4 Å². The zero-order chi connectivity index (χ0) is 25.1. The van der Waals surface area contributed by atoms with E-state index in [1.54, 1.807) is 11.8 Å². The lowest BCUT2D eigenvalue weighted by molar-refractivity contribution is -0.174. The van der Waals surface area contributed by atoms with Gasteiger partial charge in [-0.2, -0.15) is 13.2 Å². The van der Waals surface area contributed by atoms with Crippen molar-refractivity contribution in [3.63, 3.8) is 0 Å². The zero-order valence-corrected chi connectivity index (χ0v) is 18.9. The van der Waals surface area contributed by atoms with Gasteiger partial charge in [0, 0.05) is 54.9 Å². The summed E-state index contributed by atoms with van der Waals surface area (Å²) in [4.78, 5) is 38.7. The molecule has 1 saturated heterocycles. The van der Waals surface area contributed by atoms with Gasteiger partial charge in [0.1, 0.15) is 11.4 Å². The third-order valence-electron chi connectivity index (χ3n) is 6.75. The lowest BCUT2D eigenvalue weighted by Crippen LogP contribution is -2.44. The Morgan fingerprint density at radius 1 is 1.26 bits per heavy atom. The molecule has 2 aromatic rings. The fourth-order valence-electron chi connectivity index (χ4n) is 5.15. The second-order valence-electron chi connectivity index (χ2n) is 9.15. The molecule has 1 aromatic carbocycles. The maximum atomic E-state index is 15.6. The molecule has 1 amide bonds. The van der Waals surface area contributed by atoms with E-state index < -0.39 is 35.3 Å². The highest BCUT2D eigenvalue weighted by atomic mass is 19.4. The Labute approximate surface area is 197 Å². The number of benzene rings is 1. The fourth-order valence-corrected chi connectivity index (χ4v) is 5.15. The SMILES string of the molecule is CCOC(=O)c1cn(C2CC2)c2c3c(c(F)cc2c1=O)N1C[C@@H](NC(=O)C(F)(F)F)C[C@H]1CNC3. The van der Waals surface area contributed by atoms with Gasteiger partial charge >= 0.3 is 18.1 Å². The first-order valence-electron chi connectivity index (χ1n) is 11.5. The van der Waals surface area contributed by atoms with E-state index in [0.717, 1.165) is 18.9 Å². The molecule has 35 heavy (non-hydrogen) atoms. The molecule has 5 rings (SSSR count). The van der Waals surface area contributed by atoms with Crippen LogP contribution in [0.3, 0.4) is 0 Å². The van der Waals surface area contributed by atoms with Gasteiger partial charge in [0.15, 0.2) is 0 Å². The molecule has 2 fully saturated rings. The summed E-state index contributed by atoms with van der Waals surface area (Å²) in [6.07, 6.45) is -1.66. The van der Waals surface area contributed by atoms with E-state index >= 15 is 4.39 Å². The molecular weight excluding hydrogens is 472 g/mol. The number of carbonyl (C=O) groups excluding carboxylic acids is 2. The van der Waals surface area contributed by atoms with Crippen molar-refractivity contribution < 1.29 is 31.9 Å². The number of nitrogens with zero attached hydrogens (tertiary/aromatic N) is 2. The number of rotatable bonds is 4. The Morgan fingerprint density at radius 2 is 2.00 bits per heavy atom. The topological polar surface area (TPSA) is 92.7 Å². The first kappa shape index (κ1) is 23.6. The van der Waals surface area contributed by atoms with Crippen LogP contribution in [0, 0.1) is 5.82 Å². The summed E-state index contributed by atoms with van der Waals surface area (Å²) < 4.78 is 60.7. The highest BCUT2D eigenvalue weighted by Crippen LogP contribution is 2.42. The maximum Gasteiger partial charge on any atom is 0.471 e. The second kappa shape index (κ2) is 8.51. The van der Waals surface area contributed by atoms with E-state index in [4.69, 9.17) is 4.74 Å². The third kappa shape index (κ3) is 4.13. The van der Waals surface area contributed by atoms with Crippen molar-refractivity contribution in [2.24, 2.45) is 0 Å². The number of halogens is 4. The van der Waals surface area contributed by atoms with Crippen molar-refractivity contribution in [2.45, 2.75) is 57.0 Å². The summed E-state index contributed by atoms with van der Waals surface area (Å²) in [7, 11) is 0. The average molecular weight is 496 g/mol. The van der Waals surface area contributed by atoms with Gasteiger partial charge in [0.05, 0.1) is 17.8 Å². The molecule has 12 heteroatoms. The molecule has 0 unspecified atom stereocenters. The Morgan fingerprint density at radius 3 is 2.66 bits per heavy atom. The smallest absolute Gasteiger partial charge is 0.462 e. The van der Waals surface area contributed by atoms with E-state index in [-0.39, 0.29) is 54.8 Å². The van der Waals surface area contributed by atoms with E-state index in [1.807, 2.05) is 9.88 Å². The van der Waals surface area contributed by atoms with Gasteiger partial charge in [0.2, 0.25) is 5.43 Å². The van der Waals surface area contributed by atoms with Crippen LogP contribution in [0.25, 0.3) is 10.9 Å². The highest BCUT2D eigenvalue weighted by molar-refractivity contribution is 5.96. The molecule has 1 saturated carbocycles. The van der Waals surface area contributed by atoms with Gasteiger partial charge in [-0.05, 0) is 32.3 Å². The molecule has 3 heterocycles. The quantitative estimate of drug-likeness (QED) is 0.499. The van der Waals surface area contributed by atoms with Crippen molar-refractivity contribution in [3.05, 3.63) is 39.4 Å². The Balaban J connectivity index is 1.62. The molecule has 3 aliphatic rings. The molecule has 188 valence electrons. The minimum Gasteiger partial charge on any atom is -0.462 e. The number of alkyl halides is 3.